The van der Waals surface area contributed by atoms with E-state index in [1.54, 1.807) is 22.6 Å². The van der Waals surface area contributed by atoms with Crippen molar-refractivity contribution in [1.82, 2.24) is 23.7 Å². The third-order valence-electron chi connectivity index (χ3n) is 5.91. The number of hydrogen-bond donors (Lipinski definition) is 0. The van der Waals surface area contributed by atoms with Crippen LogP contribution in [0, 0.1) is 6.92 Å². The van der Waals surface area contributed by atoms with Gasteiger partial charge in [0.1, 0.15) is 11.3 Å². The van der Waals surface area contributed by atoms with E-state index >= 15 is 0 Å². The van der Waals surface area contributed by atoms with E-state index in [4.69, 9.17) is 4.98 Å². The van der Waals surface area contributed by atoms with Gasteiger partial charge in [-0.3, -0.25) is 9.47 Å². The van der Waals surface area contributed by atoms with Crippen LogP contribution in [0.4, 0.5) is 0 Å². The van der Waals surface area contributed by atoms with Crippen LogP contribution in [0.3, 0.4) is 0 Å². The highest BCUT2D eigenvalue weighted by Crippen LogP contribution is 2.23. The molecule has 5 rings (SSSR count). The molecule has 1 fully saturated rings. The smallest absolute Gasteiger partial charge is 0.243 e. The van der Waals surface area contributed by atoms with Crippen LogP contribution in [-0.4, -0.2) is 58.3 Å². The topological polar surface area (TPSA) is 71.3 Å². The molecule has 3 heterocycles. The molecule has 32 heavy (non-hydrogen) atoms. The Balaban J connectivity index is 1.37. The van der Waals surface area contributed by atoms with E-state index in [2.05, 4.69) is 14.5 Å². The predicted molar refractivity (Wildman–Crippen MR) is 124 cm³/mol. The Bertz CT molecular complexity index is 1340. The van der Waals surface area contributed by atoms with Crippen molar-refractivity contribution in [3.8, 4) is 5.69 Å². The van der Waals surface area contributed by atoms with Crippen LogP contribution in [-0.2, 0) is 16.6 Å². The van der Waals surface area contributed by atoms with Gasteiger partial charge in [0, 0.05) is 38.1 Å². The Hall–Kier alpha value is -3.07. The fourth-order valence-corrected chi connectivity index (χ4v) is 5.87. The molecule has 1 aliphatic heterocycles. The monoisotopic (exact) mass is 447 g/mol. The van der Waals surface area contributed by atoms with Crippen LogP contribution in [0.1, 0.15) is 11.4 Å². The SMILES string of the molecule is Cc1ccccc1S(=O)(=O)N1CCN(Cc2nc3cccnc3n2-c2ccccc2)CC1. The number of piperazine rings is 1. The number of pyridine rings is 1. The minimum atomic E-state index is -3.48. The number of rotatable bonds is 5. The maximum Gasteiger partial charge on any atom is 0.243 e. The first kappa shape index (κ1) is 20.8. The molecule has 0 amide bonds. The van der Waals surface area contributed by atoms with Gasteiger partial charge >= 0.3 is 0 Å². The Kier molecular flexibility index (Phi) is 5.50. The summed E-state index contributed by atoms with van der Waals surface area (Å²) in [7, 11) is -3.48. The number of sulfonamides is 1. The second-order valence-electron chi connectivity index (χ2n) is 7.99. The third-order valence-corrected chi connectivity index (χ3v) is 7.97. The molecule has 0 spiro atoms. The first-order chi connectivity index (χ1) is 15.5. The Labute approximate surface area is 188 Å². The molecule has 7 nitrogen and oxygen atoms in total. The molecule has 2 aromatic heterocycles. The molecule has 4 aromatic rings. The van der Waals surface area contributed by atoms with Crippen LogP contribution >= 0.6 is 0 Å². The van der Waals surface area contributed by atoms with Crippen molar-refractivity contribution in [2.24, 2.45) is 0 Å². The van der Waals surface area contributed by atoms with Gasteiger partial charge in [0.05, 0.1) is 11.4 Å². The standard InChI is InChI=1S/C24H25N5O2S/c1-19-8-5-6-12-22(19)32(30,31)28-16-14-27(15-17-28)18-23-26-21-11-7-13-25-24(21)29(23)20-9-3-2-4-10-20/h2-13H,14-18H2,1H3. The number of aryl methyl sites for hydroxylation is 1. The van der Waals surface area contributed by atoms with Gasteiger partial charge in [-0.2, -0.15) is 4.31 Å². The normalized spacial score (nSPS) is 15.9. The fourth-order valence-electron chi connectivity index (χ4n) is 4.23. The average molecular weight is 448 g/mol. The second-order valence-corrected chi connectivity index (χ2v) is 9.90. The summed E-state index contributed by atoms with van der Waals surface area (Å²) in [5, 5.41) is 0. The molecular formula is C24H25N5O2S. The van der Waals surface area contributed by atoms with Crippen molar-refractivity contribution in [1.29, 1.82) is 0 Å². The zero-order valence-corrected chi connectivity index (χ0v) is 18.7. The molecule has 2 aromatic carbocycles. The molecular weight excluding hydrogens is 422 g/mol. The Morgan fingerprint density at radius 1 is 0.875 bits per heavy atom. The number of nitrogens with zero attached hydrogens (tertiary/aromatic N) is 5. The lowest BCUT2D eigenvalue weighted by atomic mass is 10.2. The predicted octanol–water partition coefficient (Wildman–Crippen LogP) is 3.24. The van der Waals surface area contributed by atoms with E-state index in [1.165, 1.54) is 0 Å². The molecule has 8 heteroatoms. The maximum atomic E-state index is 13.1. The van der Waals surface area contributed by atoms with Gasteiger partial charge in [-0.25, -0.2) is 18.4 Å². The lowest BCUT2D eigenvalue weighted by molar-refractivity contribution is 0.177. The van der Waals surface area contributed by atoms with Crippen molar-refractivity contribution >= 4 is 21.2 Å². The molecule has 0 N–H and O–H groups in total. The van der Waals surface area contributed by atoms with Crippen molar-refractivity contribution in [3.63, 3.8) is 0 Å². The molecule has 0 radical (unpaired) electrons. The van der Waals surface area contributed by atoms with Crippen LogP contribution in [0.25, 0.3) is 16.9 Å². The number of fused-ring (bicyclic) bond motifs is 1. The summed E-state index contributed by atoms with van der Waals surface area (Å²) in [6.07, 6.45) is 1.78. The number of imidazole rings is 1. The van der Waals surface area contributed by atoms with E-state index in [0.29, 0.717) is 37.6 Å². The van der Waals surface area contributed by atoms with E-state index in [9.17, 15) is 8.42 Å². The minimum Gasteiger partial charge on any atom is -0.293 e. The summed E-state index contributed by atoms with van der Waals surface area (Å²) in [5.74, 6) is 0.903. The van der Waals surface area contributed by atoms with E-state index in [0.717, 1.165) is 28.2 Å². The van der Waals surface area contributed by atoms with Gasteiger partial charge in [0.25, 0.3) is 0 Å². The molecule has 0 saturated carbocycles. The first-order valence-electron chi connectivity index (χ1n) is 10.7. The highest BCUT2D eigenvalue weighted by atomic mass is 32.2. The summed E-state index contributed by atoms with van der Waals surface area (Å²) in [6, 6.07) is 21.1. The molecule has 1 saturated heterocycles. The Morgan fingerprint density at radius 3 is 2.34 bits per heavy atom. The van der Waals surface area contributed by atoms with Gasteiger partial charge in [-0.15, -0.1) is 0 Å². The van der Waals surface area contributed by atoms with Crippen molar-refractivity contribution in [3.05, 3.63) is 84.3 Å². The van der Waals surface area contributed by atoms with E-state index < -0.39 is 10.0 Å². The van der Waals surface area contributed by atoms with Crippen LogP contribution < -0.4 is 0 Å². The molecule has 164 valence electrons. The second kappa shape index (κ2) is 8.46. The summed E-state index contributed by atoms with van der Waals surface area (Å²) in [5.41, 5.74) is 3.48. The zero-order chi connectivity index (χ0) is 22.1. The Morgan fingerprint density at radius 2 is 1.59 bits per heavy atom. The average Bonchev–Trinajstić information content (AvgIpc) is 3.18. The number of aromatic nitrogens is 3. The summed E-state index contributed by atoms with van der Waals surface area (Å²) in [4.78, 5) is 12.0. The fraction of sp³-hybridized carbons (Fsp3) is 0.250. The van der Waals surface area contributed by atoms with Crippen LogP contribution in [0.5, 0.6) is 0 Å². The lowest BCUT2D eigenvalue weighted by Crippen LogP contribution is -2.48. The number of para-hydroxylation sites is 1. The van der Waals surface area contributed by atoms with Crippen LogP contribution in [0.15, 0.2) is 77.8 Å². The summed E-state index contributed by atoms with van der Waals surface area (Å²) in [6.45, 7) is 4.68. The largest absolute Gasteiger partial charge is 0.293 e. The highest BCUT2D eigenvalue weighted by Gasteiger charge is 2.30. The quantitative estimate of drug-likeness (QED) is 0.470. The maximum absolute atomic E-state index is 13.1. The highest BCUT2D eigenvalue weighted by molar-refractivity contribution is 7.89. The third kappa shape index (κ3) is 3.81. The van der Waals surface area contributed by atoms with E-state index in [1.807, 2.05) is 61.5 Å². The van der Waals surface area contributed by atoms with E-state index in [-0.39, 0.29) is 0 Å². The first-order valence-corrected chi connectivity index (χ1v) is 12.1. The minimum absolute atomic E-state index is 0.394. The van der Waals surface area contributed by atoms with Crippen molar-refractivity contribution < 1.29 is 8.42 Å². The van der Waals surface area contributed by atoms with Gasteiger partial charge in [-0.05, 0) is 42.8 Å². The molecule has 0 unspecified atom stereocenters. The number of hydrogen-bond acceptors (Lipinski definition) is 5. The lowest BCUT2D eigenvalue weighted by Gasteiger charge is -2.34. The van der Waals surface area contributed by atoms with Gasteiger partial charge in [-0.1, -0.05) is 36.4 Å². The molecule has 0 bridgehead atoms. The summed E-state index contributed by atoms with van der Waals surface area (Å²) < 4.78 is 29.9. The molecule has 0 atom stereocenters. The molecule has 1 aliphatic rings. The van der Waals surface area contributed by atoms with Crippen LogP contribution in [0.2, 0.25) is 0 Å². The zero-order valence-electron chi connectivity index (χ0n) is 17.9. The van der Waals surface area contributed by atoms with Gasteiger partial charge in [0.15, 0.2) is 5.65 Å². The van der Waals surface area contributed by atoms with Gasteiger partial charge in [0.2, 0.25) is 10.0 Å². The summed E-state index contributed by atoms with van der Waals surface area (Å²) >= 11 is 0. The van der Waals surface area contributed by atoms with Gasteiger partial charge < -0.3 is 0 Å². The van der Waals surface area contributed by atoms with Crippen molar-refractivity contribution in [2.75, 3.05) is 26.2 Å². The van der Waals surface area contributed by atoms with Crippen molar-refractivity contribution in [2.45, 2.75) is 18.4 Å². The molecule has 0 aliphatic carbocycles. The number of benzene rings is 2.